The molecule has 8 nitrogen and oxygen atoms in total. The van der Waals surface area contributed by atoms with E-state index >= 15 is 0 Å². The van der Waals surface area contributed by atoms with E-state index in [1.54, 1.807) is 29.2 Å². The van der Waals surface area contributed by atoms with Gasteiger partial charge in [-0.05, 0) is 38.1 Å². The van der Waals surface area contributed by atoms with Gasteiger partial charge in [0.2, 0.25) is 17.7 Å². The normalized spacial score (nSPS) is 16.2. The van der Waals surface area contributed by atoms with E-state index in [9.17, 15) is 9.59 Å². The molecular formula is C19H21ClN4O4. The number of nitrogens with one attached hydrogen (secondary N) is 1. The van der Waals surface area contributed by atoms with Gasteiger partial charge in [-0.2, -0.15) is 4.98 Å². The highest BCUT2D eigenvalue weighted by Gasteiger charge is 2.35. The average molecular weight is 405 g/mol. The molecule has 0 spiro atoms. The zero-order chi connectivity index (χ0) is 20.1. The van der Waals surface area contributed by atoms with Gasteiger partial charge in [0.1, 0.15) is 5.69 Å². The number of hydrogen-bond acceptors (Lipinski definition) is 6. The Balaban J connectivity index is 1.71. The number of rotatable bonds is 7. The van der Waals surface area contributed by atoms with E-state index in [1.165, 1.54) is 6.20 Å². The number of benzene rings is 1. The fraction of sp³-hybridized carbons (Fsp3) is 0.368. The van der Waals surface area contributed by atoms with Crippen LogP contribution in [-0.4, -0.2) is 41.5 Å². The van der Waals surface area contributed by atoms with Crippen molar-refractivity contribution in [1.29, 1.82) is 0 Å². The average Bonchev–Trinajstić information content (AvgIpc) is 3.07. The zero-order valence-electron chi connectivity index (χ0n) is 15.6. The first-order valence-corrected chi connectivity index (χ1v) is 9.39. The molecular weight excluding hydrogens is 384 g/mol. The van der Waals surface area contributed by atoms with E-state index in [0.29, 0.717) is 29.6 Å². The van der Waals surface area contributed by atoms with Gasteiger partial charge in [0.25, 0.3) is 0 Å². The molecule has 148 valence electrons. The minimum Gasteiger partial charge on any atom is -0.476 e. The number of nitrogens with zero attached hydrogens (tertiary/aromatic N) is 3. The van der Waals surface area contributed by atoms with Crippen LogP contribution in [0, 0.1) is 5.92 Å². The van der Waals surface area contributed by atoms with E-state index < -0.39 is 5.92 Å². The fourth-order valence-electron chi connectivity index (χ4n) is 2.87. The molecule has 9 heteroatoms. The second-order valence-corrected chi connectivity index (χ2v) is 6.54. The number of ether oxygens (including phenoxy) is 2. The molecule has 1 saturated heterocycles. The van der Waals surface area contributed by atoms with Crippen LogP contribution in [0.4, 0.5) is 11.4 Å². The van der Waals surface area contributed by atoms with E-state index in [-0.39, 0.29) is 36.7 Å². The van der Waals surface area contributed by atoms with Gasteiger partial charge in [0, 0.05) is 23.7 Å². The lowest BCUT2D eigenvalue weighted by atomic mass is 10.1. The Kier molecular flexibility index (Phi) is 6.30. The molecule has 1 atom stereocenters. The van der Waals surface area contributed by atoms with Crippen LogP contribution in [0.5, 0.6) is 11.9 Å². The van der Waals surface area contributed by atoms with Crippen LogP contribution < -0.4 is 19.7 Å². The molecule has 0 aliphatic carbocycles. The van der Waals surface area contributed by atoms with Gasteiger partial charge in [-0.25, -0.2) is 4.98 Å². The van der Waals surface area contributed by atoms with E-state index in [1.807, 2.05) is 13.8 Å². The van der Waals surface area contributed by atoms with Crippen molar-refractivity contribution in [2.45, 2.75) is 20.3 Å². The predicted molar refractivity (Wildman–Crippen MR) is 105 cm³/mol. The smallest absolute Gasteiger partial charge is 0.319 e. The third-order valence-corrected chi connectivity index (χ3v) is 4.43. The van der Waals surface area contributed by atoms with Crippen molar-refractivity contribution in [3.8, 4) is 11.9 Å². The van der Waals surface area contributed by atoms with E-state index in [4.69, 9.17) is 21.1 Å². The molecule has 2 amide bonds. The largest absolute Gasteiger partial charge is 0.476 e. The summed E-state index contributed by atoms with van der Waals surface area (Å²) in [6.07, 6.45) is 1.56. The minimum absolute atomic E-state index is 0.115. The van der Waals surface area contributed by atoms with E-state index in [2.05, 4.69) is 15.3 Å². The molecule has 3 rings (SSSR count). The van der Waals surface area contributed by atoms with Crippen molar-refractivity contribution in [1.82, 2.24) is 9.97 Å². The lowest BCUT2D eigenvalue weighted by Crippen LogP contribution is -2.28. The minimum atomic E-state index is -0.496. The lowest BCUT2D eigenvalue weighted by molar-refractivity contribution is -0.122. The van der Waals surface area contributed by atoms with Gasteiger partial charge in [0.05, 0.1) is 25.3 Å². The standard InChI is InChI=1S/C19H21ClN4O4/c1-3-27-18-15(10-21-19(23-18)28-4-2)22-17(26)12-9-16(25)24(11-12)14-7-5-13(20)6-8-14/h5-8,10,12H,3-4,9,11H2,1-2H3,(H,22,26). The first kappa shape index (κ1) is 19.9. The molecule has 0 bridgehead atoms. The van der Waals surface area contributed by atoms with Gasteiger partial charge in [-0.15, -0.1) is 0 Å². The Morgan fingerprint density at radius 2 is 1.96 bits per heavy atom. The number of halogens is 1. The maximum Gasteiger partial charge on any atom is 0.319 e. The van der Waals surface area contributed by atoms with Gasteiger partial charge < -0.3 is 19.7 Å². The number of carbonyl (C=O) groups excluding carboxylic acids is 2. The van der Waals surface area contributed by atoms with Crippen LogP contribution in [0.3, 0.4) is 0 Å². The maximum atomic E-state index is 12.7. The molecule has 2 aromatic rings. The summed E-state index contributed by atoms with van der Waals surface area (Å²) in [5.74, 6) is -0.675. The molecule has 1 aliphatic rings. The Hall–Kier alpha value is -2.87. The van der Waals surface area contributed by atoms with Gasteiger partial charge in [0.15, 0.2) is 0 Å². The summed E-state index contributed by atoms with van der Waals surface area (Å²) in [7, 11) is 0. The SMILES string of the molecule is CCOc1ncc(NC(=O)C2CC(=O)N(c3ccc(Cl)cc3)C2)c(OCC)n1. The zero-order valence-corrected chi connectivity index (χ0v) is 16.4. The highest BCUT2D eigenvalue weighted by Crippen LogP contribution is 2.29. The summed E-state index contributed by atoms with van der Waals surface area (Å²) in [6, 6.07) is 7.11. The molecule has 1 unspecified atom stereocenters. The summed E-state index contributed by atoms with van der Waals surface area (Å²) in [4.78, 5) is 34.9. The summed E-state index contributed by atoms with van der Waals surface area (Å²) in [5.41, 5.74) is 1.05. The third-order valence-electron chi connectivity index (χ3n) is 4.18. The second kappa shape index (κ2) is 8.88. The van der Waals surface area contributed by atoms with Crippen molar-refractivity contribution >= 4 is 34.8 Å². The van der Waals surface area contributed by atoms with E-state index in [0.717, 1.165) is 0 Å². The first-order valence-electron chi connectivity index (χ1n) is 9.01. The van der Waals surface area contributed by atoms with Crippen molar-refractivity contribution in [2.24, 2.45) is 5.92 Å². The number of hydrogen-bond donors (Lipinski definition) is 1. The number of anilines is 2. The van der Waals surface area contributed by atoms with Crippen LogP contribution in [0.2, 0.25) is 5.02 Å². The molecule has 0 saturated carbocycles. The van der Waals surface area contributed by atoms with Gasteiger partial charge >= 0.3 is 6.01 Å². The van der Waals surface area contributed by atoms with Crippen LogP contribution in [0.15, 0.2) is 30.5 Å². The summed E-state index contributed by atoms with van der Waals surface area (Å²) in [6.45, 7) is 4.71. The highest BCUT2D eigenvalue weighted by atomic mass is 35.5. The Morgan fingerprint density at radius 1 is 1.25 bits per heavy atom. The highest BCUT2D eigenvalue weighted by molar-refractivity contribution is 6.30. The quantitative estimate of drug-likeness (QED) is 0.762. The predicted octanol–water partition coefficient (Wildman–Crippen LogP) is 2.92. The summed E-state index contributed by atoms with van der Waals surface area (Å²) < 4.78 is 10.7. The number of carbonyl (C=O) groups is 2. The Labute approximate surface area is 167 Å². The molecule has 0 radical (unpaired) electrons. The lowest BCUT2D eigenvalue weighted by Gasteiger charge is -2.17. The van der Waals surface area contributed by atoms with Crippen LogP contribution in [0.25, 0.3) is 0 Å². The summed E-state index contributed by atoms with van der Waals surface area (Å²) in [5, 5.41) is 3.35. The Bertz CT molecular complexity index is 860. The van der Waals surface area contributed by atoms with Gasteiger partial charge in [-0.1, -0.05) is 11.6 Å². The molecule has 28 heavy (non-hydrogen) atoms. The van der Waals surface area contributed by atoms with Gasteiger partial charge in [-0.3, -0.25) is 9.59 Å². The number of aromatic nitrogens is 2. The Morgan fingerprint density at radius 3 is 2.64 bits per heavy atom. The second-order valence-electron chi connectivity index (χ2n) is 6.11. The fourth-order valence-corrected chi connectivity index (χ4v) is 3.00. The van der Waals surface area contributed by atoms with Crippen LogP contribution in [0.1, 0.15) is 20.3 Å². The maximum absolute atomic E-state index is 12.7. The molecule has 1 aliphatic heterocycles. The topological polar surface area (TPSA) is 93.6 Å². The molecule has 1 aromatic heterocycles. The van der Waals surface area contributed by atoms with Crippen LogP contribution >= 0.6 is 11.6 Å². The summed E-state index contributed by atoms with van der Waals surface area (Å²) >= 11 is 5.90. The molecule has 2 heterocycles. The third kappa shape index (κ3) is 4.51. The van der Waals surface area contributed by atoms with Crippen molar-refractivity contribution in [3.63, 3.8) is 0 Å². The van der Waals surface area contributed by atoms with Crippen molar-refractivity contribution < 1.29 is 19.1 Å². The monoisotopic (exact) mass is 404 g/mol. The first-order chi connectivity index (χ1) is 13.5. The molecule has 1 N–H and O–H groups in total. The molecule has 1 fully saturated rings. The van der Waals surface area contributed by atoms with Crippen molar-refractivity contribution in [3.05, 3.63) is 35.5 Å². The van der Waals surface area contributed by atoms with Crippen LogP contribution in [-0.2, 0) is 9.59 Å². The number of amides is 2. The van der Waals surface area contributed by atoms with Crippen molar-refractivity contribution in [2.75, 3.05) is 30.0 Å². The molecule has 1 aromatic carbocycles.